The summed E-state index contributed by atoms with van der Waals surface area (Å²) in [6, 6.07) is 15.6. The maximum Gasteiger partial charge on any atom is 0.115 e. The molecule has 14 heavy (non-hydrogen) atoms. The lowest BCUT2D eigenvalue weighted by atomic mass is 10.2. The monoisotopic (exact) mass is 184 g/mol. The molecule has 0 saturated carbocycles. The van der Waals surface area contributed by atoms with Gasteiger partial charge < -0.3 is 5.11 Å². The Kier molecular flexibility index (Phi) is 2.23. The van der Waals surface area contributed by atoms with Crippen molar-refractivity contribution in [3.8, 4) is 16.9 Å². The molecule has 0 radical (unpaired) electrons. The molecule has 0 amide bonds. The Morgan fingerprint density at radius 3 is 1.71 bits per heavy atom. The molecule has 0 aliphatic heterocycles. The Balaban J connectivity index is 0.000000110. The van der Waals surface area contributed by atoms with E-state index in [1.807, 2.05) is 19.1 Å². The van der Waals surface area contributed by atoms with Crippen molar-refractivity contribution < 1.29 is 5.11 Å². The van der Waals surface area contributed by atoms with Gasteiger partial charge in [-0.3, -0.25) is 0 Å². The zero-order valence-corrected chi connectivity index (χ0v) is 8.07. The first-order chi connectivity index (χ1) is 6.75. The van der Waals surface area contributed by atoms with E-state index in [1.54, 1.807) is 12.1 Å². The molecule has 1 heteroatoms. The summed E-state index contributed by atoms with van der Waals surface area (Å²) in [5, 5.41) is 8.76. The van der Waals surface area contributed by atoms with E-state index in [2.05, 4.69) is 24.3 Å². The average molecular weight is 184 g/mol. The number of phenols is 1. The number of hydrogen-bond acceptors (Lipinski definition) is 1. The van der Waals surface area contributed by atoms with Gasteiger partial charge in [0.05, 0.1) is 0 Å². The molecule has 0 aromatic heterocycles. The lowest BCUT2D eigenvalue weighted by Gasteiger charge is -1.89. The van der Waals surface area contributed by atoms with Crippen LogP contribution >= 0.6 is 0 Å². The third kappa shape index (κ3) is 2.13. The molecule has 0 spiro atoms. The Labute approximate surface area is 83.6 Å². The van der Waals surface area contributed by atoms with Gasteiger partial charge in [0.25, 0.3) is 0 Å². The van der Waals surface area contributed by atoms with E-state index in [1.165, 1.54) is 16.7 Å². The second kappa shape index (κ2) is 3.54. The molecule has 0 fully saturated rings. The molecule has 1 nitrogen and oxygen atoms in total. The van der Waals surface area contributed by atoms with E-state index in [4.69, 9.17) is 5.11 Å². The summed E-state index contributed by atoms with van der Waals surface area (Å²) in [5.74, 6) is 0.329. The fraction of sp³-hybridized carbons (Fsp3) is 0.0769. The van der Waals surface area contributed by atoms with Crippen molar-refractivity contribution in [3.63, 3.8) is 0 Å². The van der Waals surface area contributed by atoms with Crippen LogP contribution in [-0.2, 0) is 0 Å². The van der Waals surface area contributed by atoms with Crippen LogP contribution < -0.4 is 0 Å². The Hall–Kier alpha value is -1.76. The number of fused-ring (bicyclic) bond motifs is 1. The van der Waals surface area contributed by atoms with Crippen LogP contribution in [0.2, 0.25) is 0 Å². The zero-order chi connectivity index (χ0) is 9.97. The lowest BCUT2D eigenvalue weighted by Crippen LogP contribution is -1.66. The first kappa shape index (κ1) is 8.82. The van der Waals surface area contributed by atoms with Crippen LogP contribution in [0.4, 0.5) is 0 Å². The van der Waals surface area contributed by atoms with Gasteiger partial charge in [0.15, 0.2) is 0 Å². The van der Waals surface area contributed by atoms with Gasteiger partial charge in [0.1, 0.15) is 5.75 Å². The molecule has 1 aromatic carbocycles. The SMILES string of the molecule is Cc1ccc(O)cc1.c1cc2cc-2c1. The zero-order valence-electron chi connectivity index (χ0n) is 8.07. The van der Waals surface area contributed by atoms with E-state index >= 15 is 0 Å². The van der Waals surface area contributed by atoms with Crippen LogP contribution in [0.25, 0.3) is 11.1 Å². The normalized spacial score (nSPS) is 10.1. The van der Waals surface area contributed by atoms with Crippen LogP contribution in [0.3, 0.4) is 0 Å². The molecule has 0 heterocycles. The number of hydrogen-bond donors (Lipinski definition) is 1. The minimum atomic E-state index is 0.329. The number of rotatable bonds is 0. The number of benzene rings is 2. The number of aromatic hydroxyl groups is 1. The molecular formula is C13H12O. The van der Waals surface area contributed by atoms with Crippen molar-refractivity contribution in [2.45, 2.75) is 6.92 Å². The maximum atomic E-state index is 8.76. The van der Waals surface area contributed by atoms with E-state index < -0.39 is 0 Å². The van der Waals surface area contributed by atoms with Crippen molar-refractivity contribution in [1.82, 2.24) is 0 Å². The van der Waals surface area contributed by atoms with Crippen LogP contribution in [0.1, 0.15) is 5.56 Å². The molecule has 70 valence electrons. The van der Waals surface area contributed by atoms with Crippen LogP contribution in [0.5, 0.6) is 5.75 Å². The summed E-state index contributed by atoms with van der Waals surface area (Å²) in [4.78, 5) is 0. The third-order valence-corrected chi connectivity index (χ3v) is 2.15. The van der Waals surface area contributed by atoms with Crippen LogP contribution in [0, 0.1) is 6.92 Å². The molecule has 0 atom stereocenters. The smallest absolute Gasteiger partial charge is 0.115 e. The van der Waals surface area contributed by atoms with Gasteiger partial charge in [-0.15, -0.1) is 0 Å². The fourth-order valence-corrected chi connectivity index (χ4v) is 1.22. The Bertz CT molecular complexity index is 391. The molecular weight excluding hydrogens is 172 g/mol. The maximum absolute atomic E-state index is 8.76. The van der Waals surface area contributed by atoms with Gasteiger partial charge in [-0.1, -0.05) is 35.9 Å². The van der Waals surface area contributed by atoms with Crippen molar-refractivity contribution in [2.75, 3.05) is 0 Å². The van der Waals surface area contributed by atoms with Gasteiger partial charge in [-0.2, -0.15) is 0 Å². The highest BCUT2D eigenvalue weighted by molar-refractivity contribution is 5.80. The van der Waals surface area contributed by atoms with Crippen LogP contribution in [-0.4, -0.2) is 5.11 Å². The Morgan fingerprint density at radius 1 is 0.857 bits per heavy atom. The minimum absolute atomic E-state index is 0.329. The van der Waals surface area contributed by atoms with Crippen molar-refractivity contribution in [2.24, 2.45) is 0 Å². The van der Waals surface area contributed by atoms with Crippen molar-refractivity contribution >= 4 is 0 Å². The molecule has 0 unspecified atom stereocenters. The Morgan fingerprint density at radius 2 is 1.43 bits per heavy atom. The van der Waals surface area contributed by atoms with Crippen molar-refractivity contribution in [1.29, 1.82) is 0 Å². The fourth-order valence-electron chi connectivity index (χ4n) is 1.22. The summed E-state index contributed by atoms with van der Waals surface area (Å²) in [6.45, 7) is 1.99. The molecule has 1 aromatic rings. The van der Waals surface area contributed by atoms with Gasteiger partial charge in [0.2, 0.25) is 0 Å². The molecule has 3 rings (SSSR count). The summed E-state index contributed by atoms with van der Waals surface area (Å²) in [5.41, 5.74) is 4.02. The second-order valence-electron chi connectivity index (χ2n) is 3.42. The largest absolute Gasteiger partial charge is 0.508 e. The standard InChI is InChI=1S/C7H8O.C6H4/c1-6-2-4-7(8)5-3-6;1-2-5-4-6(5)3-1/h2-5,8H,1H3;1-4H. The molecule has 0 saturated heterocycles. The van der Waals surface area contributed by atoms with E-state index in [9.17, 15) is 0 Å². The van der Waals surface area contributed by atoms with E-state index in [0.29, 0.717) is 5.75 Å². The molecule has 2 aliphatic rings. The highest BCUT2D eigenvalue weighted by Gasteiger charge is 2.06. The summed E-state index contributed by atoms with van der Waals surface area (Å²) in [7, 11) is 0. The molecule has 2 aliphatic carbocycles. The summed E-state index contributed by atoms with van der Waals surface area (Å²) in [6.07, 6.45) is 0. The highest BCUT2D eigenvalue weighted by atomic mass is 16.3. The van der Waals surface area contributed by atoms with Gasteiger partial charge >= 0.3 is 0 Å². The van der Waals surface area contributed by atoms with Gasteiger partial charge in [-0.05, 0) is 36.2 Å². The van der Waals surface area contributed by atoms with Gasteiger partial charge in [-0.25, -0.2) is 0 Å². The topological polar surface area (TPSA) is 20.2 Å². The quantitative estimate of drug-likeness (QED) is 0.568. The van der Waals surface area contributed by atoms with Crippen molar-refractivity contribution in [3.05, 3.63) is 54.1 Å². The van der Waals surface area contributed by atoms with E-state index in [0.717, 1.165) is 0 Å². The van der Waals surface area contributed by atoms with Crippen LogP contribution in [0.15, 0.2) is 48.5 Å². The highest BCUT2D eigenvalue weighted by Crippen LogP contribution is 2.32. The summed E-state index contributed by atoms with van der Waals surface area (Å²) >= 11 is 0. The molecule has 0 bridgehead atoms. The predicted molar refractivity (Wildman–Crippen MR) is 58.3 cm³/mol. The molecule has 1 N–H and O–H groups in total. The van der Waals surface area contributed by atoms with Gasteiger partial charge in [0, 0.05) is 0 Å². The van der Waals surface area contributed by atoms with E-state index in [-0.39, 0.29) is 0 Å². The first-order valence-corrected chi connectivity index (χ1v) is 4.62. The summed E-state index contributed by atoms with van der Waals surface area (Å²) < 4.78 is 0. The lowest BCUT2D eigenvalue weighted by molar-refractivity contribution is 0.475. The third-order valence-electron chi connectivity index (χ3n) is 2.15. The first-order valence-electron chi connectivity index (χ1n) is 4.62. The minimum Gasteiger partial charge on any atom is -0.508 e. The second-order valence-corrected chi connectivity index (χ2v) is 3.42. The average Bonchev–Trinajstić information content (AvgIpc) is 2.80. The number of aryl methyl sites for hydroxylation is 1. The number of phenolic OH excluding ortho intramolecular Hbond substituents is 1. The predicted octanol–water partition coefficient (Wildman–Crippen LogP) is 3.37.